The molecular formula is C15H28N4O. The van der Waals surface area contributed by atoms with Gasteiger partial charge in [-0.05, 0) is 18.3 Å². The minimum Gasteiger partial charge on any atom is -0.394 e. The molecular weight excluding hydrogens is 252 g/mol. The Bertz CT molecular complexity index is 407. The average Bonchev–Trinajstić information content (AvgIpc) is 2.41. The Balaban J connectivity index is 3.05. The van der Waals surface area contributed by atoms with Crippen LogP contribution in [0.25, 0.3) is 0 Å². The fourth-order valence-electron chi connectivity index (χ4n) is 2.04. The van der Waals surface area contributed by atoms with E-state index in [9.17, 15) is 5.11 Å². The van der Waals surface area contributed by atoms with Crippen LogP contribution in [0.3, 0.4) is 0 Å². The molecule has 0 radical (unpaired) electrons. The first kappa shape index (κ1) is 16.7. The molecule has 1 aromatic rings. The van der Waals surface area contributed by atoms with Crippen molar-refractivity contribution in [3.05, 3.63) is 11.9 Å². The highest BCUT2D eigenvalue weighted by Crippen LogP contribution is 2.29. The van der Waals surface area contributed by atoms with Crippen LogP contribution in [0.5, 0.6) is 0 Å². The van der Waals surface area contributed by atoms with Crippen LogP contribution in [0.15, 0.2) is 6.33 Å². The van der Waals surface area contributed by atoms with Gasteiger partial charge in [-0.1, -0.05) is 34.6 Å². The van der Waals surface area contributed by atoms with Crippen molar-refractivity contribution in [3.63, 3.8) is 0 Å². The molecule has 20 heavy (non-hydrogen) atoms. The van der Waals surface area contributed by atoms with Gasteiger partial charge in [0.2, 0.25) is 0 Å². The van der Waals surface area contributed by atoms with Crippen molar-refractivity contribution in [2.24, 2.45) is 5.92 Å². The van der Waals surface area contributed by atoms with Gasteiger partial charge in [0.05, 0.1) is 12.6 Å². The highest BCUT2D eigenvalue weighted by atomic mass is 16.3. The first-order chi connectivity index (χ1) is 9.51. The first-order valence-electron chi connectivity index (χ1n) is 7.47. The van der Waals surface area contributed by atoms with E-state index in [4.69, 9.17) is 0 Å². The summed E-state index contributed by atoms with van der Waals surface area (Å²) < 4.78 is 0. The standard InChI is InChI=1S/C15H28N4O/c1-6-7-16-14-13(11(4)5)15(18-9-17-14)19-12(8-20)10(2)3/h9-12,20H,6-8H2,1-5H3,(H2,16,17,18,19). The summed E-state index contributed by atoms with van der Waals surface area (Å²) in [5, 5.41) is 16.2. The van der Waals surface area contributed by atoms with Crippen molar-refractivity contribution in [2.45, 2.75) is 53.0 Å². The van der Waals surface area contributed by atoms with E-state index in [2.05, 4.69) is 55.2 Å². The Morgan fingerprint density at radius 3 is 2.30 bits per heavy atom. The van der Waals surface area contributed by atoms with Crippen LogP contribution in [0.2, 0.25) is 0 Å². The molecule has 0 aliphatic rings. The van der Waals surface area contributed by atoms with Crippen LogP contribution < -0.4 is 10.6 Å². The predicted molar refractivity (Wildman–Crippen MR) is 84.2 cm³/mol. The van der Waals surface area contributed by atoms with Crippen molar-refractivity contribution in [1.29, 1.82) is 0 Å². The van der Waals surface area contributed by atoms with Crippen LogP contribution in [0.1, 0.15) is 52.5 Å². The molecule has 1 heterocycles. The molecule has 0 bridgehead atoms. The molecule has 0 saturated carbocycles. The summed E-state index contributed by atoms with van der Waals surface area (Å²) >= 11 is 0. The largest absolute Gasteiger partial charge is 0.394 e. The topological polar surface area (TPSA) is 70.1 Å². The highest BCUT2D eigenvalue weighted by molar-refractivity contribution is 5.59. The Labute approximate surface area is 122 Å². The normalized spacial score (nSPS) is 12.8. The molecule has 0 spiro atoms. The number of aliphatic hydroxyl groups excluding tert-OH is 1. The van der Waals surface area contributed by atoms with E-state index in [-0.39, 0.29) is 12.6 Å². The van der Waals surface area contributed by atoms with Crippen LogP contribution in [0, 0.1) is 5.92 Å². The molecule has 3 N–H and O–H groups in total. The summed E-state index contributed by atoms with van der Waals surface area (Å²) in [6, 6.07) is 0.00132. The van der Waals surface area contributed by atoms with E-state index in [1.54, 1.807) is 6.33 Å². The number of anilines is 2. The van der Waals surface area contributed by atoms with Gasteiger partial charge >= 0.3 is 0 Å². The fourth-order valence-corrected chi connectivity index (χ4v) is 2.04. The third-order valence-electron chi connectivity index (χ3n) is 3.33. The van der Waals surface area contributed by atoms with Gasteiger partial charge in [0.1, 0.15) is 18.0 Å². The van der Waals surface area contributed by atoms with E-state index >= 15 is 0 Å². The van der Waals surface area contributed by atoms with Gasteiger partial charge < -0.3 is 15.7 Å². The van der Waals surface area contributed by atoms with Gasteiger partial charge in [-0.2, -0.15) is 0 Å². The number of rotatable bonds is 8. The Hall–Kier alpha value is -1.36. The lowest BCUT2D eigenvalue weighted by atomic mass is 10.0. The molecule has 1 rings (SSSR count). The van der Waals surface area contributed by atoms with Crippen LogP contribution in [-0.4, -0.2) is 34.3 Å². The molecule has 0 saturated heterocycles. The van der Waals surface area contributed by atoms with Gasteiger partial charge in [-0.3, -0.25) is 0 Å². The smallest absolute Gasteiger partial charge is 0.135 e. The molecule has 0 fully saturated rings. The molecule has 0 aliphatic heterocycles. The zero-order valence-corrected chi connectivity index (χ0v) is 13.3. The number of aliphatic hydroxyl groups is 1. The second-order valence-electron chi connectivity index (χ2n) is 5.74. The monoisotopic (exact) mass is 280 g/mol. The van der Waals surface area contributed by atoms with Crippen molar-refractivity contribution in [2.75, 3.05) is 23.8 Å². The second kappa shape index (κ2) is 8.04. The highest BCUT2D eigenvalue weighted by Gasteiger charge is 2.19. The van der Waals surface area contributed by atoms with E-state index in [1.807, 2.05) is 0 Å². The summed E-state index contributed by atoms with van der Waals surface area (Å²) in [6.45, 7) is 11.5. The SMILES string of the molecule is CCCNc1ncnc(NC(CO)C(C)C)c1C(C)C. The van der Waals surface area contributed by atoms with E-state index in [1.165, 1.54) is 0 Å². The summed E-state index contributed by atoms with van der Waals surface area (Å²) in [5.41, 5.74) is 1.08. The molecule has 1 aromatic heterocycles. The van der Waals surface area contributed by atoms with Gasteiger partial charge in [-0.25, -0.2) is 9.97 Å². The Morgan fingerprint density at radius 2 is 1.80 bits per heavy atom. The van der Waals surface area contributed by atoms with Crippen LogP contribution >= 0.6 is 0 Å². The fraction of sp³-hybridized carbons (Fsp3) is 0.733. The summed E-state index contributed by atoms with van der Waals surface area (Å²) in [7, 11) is 0. The quantitative estimate of drug-likeness (QED) is 0.683. The van der Waals surface area contributed by atoms with Crippen molar-refractivity contribution < 1.29 is 5.11 Å². The van der Waals surface area contributed by atoms with Gasteiger partial charge in [-0.15, -0.1) is 0 Å². The third kappa shape index (κ3) is 4.34. The maximum atomic E-state index is 9.48. The minimum absolute atomic E-state index is 0.00132. The van der Waals surface area contributed by atoms with Gasteiger partial charge in [0, 0.05) is 12.1 Å². The maximum absolute atomic E-state index is 9.48. The van der Waals surface area contributed by atoms with Crippen molar-refractivity contribution in [1.82, 2.24) is 9.97 Å². The third-order valence-corrected chi connectivity index (χ3v) is 3.33. The Kier molecular flexibility index (Phi) is 6.71. The lowest BCUT2D eigenvalue weighted by molar-refractivity contribution is 0.249. The number of hydrogen-bond donors (Lipinski definition) is 3. The van der Waals surface area contributed by atoms with E-state index < -0.39 is 0 Å². The number of aromatic nitrogens is 2. The Morgan fingerprint density at radius 1 is 1.15 bits per heavy atom. The van der Waals surface area contributed by atoms with Crippen molar-refractivity contribution in [3.8, 4) is 0 Å². The van der Waals surface area contributed by atoms with E-state index in [0.717, 1.165) is 30.2 Å². The summed E-state index contributed by atoms with van der Waals surface area (Å²) in [4.78, 5) is 8.72. The average molecular weight is 280 g/mol. The zero-order chi connectivity index (χ0) is 15.1. The molecule has 1 atom stereocenters. The zero-order valence-electron chi connectivity index (χ0n) is 13.3. The minimum atomic E-state index is 0.00132. The van der Waals surface area contributed by atoms with Crippen LogP contribution in [-0.2, 0) is 0 Å². The first-order valence-corrected chi connectivity index (χ1v) is 7.47. The molecule has 0 aliphatic carbocycles. The maximum Gasteiger partial charge on any atom is 0.135 e. The lowest BCUT2D eigenvalue weighted by Gasteiger charge is -2.24. The summed E-state index contributed by atoms with van der Waals surface area (Å²) in [6.07, 6.45) is 2.62. The molecule has 114 valence electrons. The van der Waals surface area contributed by atoms with Gasteiger partial charge in [0.15, 0.2) is 0 Å². The molecule has 0 amide bonds. The lowest BCUT2D eigenvalue weighted by Crippen LogP contribution is -2.30. The molecule has 0 aromatic carbocycles. The summed E-state index contributed by atoms with van der Waals surface area (Å²) in [5.74, 6) is 2.35. The number of hydrogen-bond acceptors (Lipinski definition) is 5. The predicted octanol–water partition coefficient (Wildman–Crippen LogP) is 2.85. The second-order valence-corrected chi connectivity index (χ2v) is 5.74. The van der Waals surface area contributed by atoms with E-state index in [0.29, 0.717) is 11.8 Å². The molecule has 1 unspecified atom stereocenters. The molecule has 5 heteroatoms. The van der Waals surface area contributed by atoms with Gasteiger partial charge in [0.25, 0.3) is 0 Å². The number of nitrogens with zero attached hydrogens (tertiary/aromatic N) is 2. The number of nitrogens with one attached hydrogen (secondary N) is 2. The molecule has 5 nitrogen and oxygen atoms in total. The van der Waals surface area contributed by atoms with Crippen LogP contribution in [0.4, 0.5) is 11.6 Å². The van der Waals surface area contributed by atoms with Crippen molar-refractivity contribution >= 4 is 11.6 Å².